The molecule has 0 radical (unpaired) electrons. The Morgan fingerprint density at radius 1 is 1.16 bits per heavy atom. The van der Waals surface area contributed by atoms with Crippen LogP contribution < -0.4 is 5.73 Å². The van der Waals surface area contributed by atoms with Gasteiger partial charge in [-0.25, -0.2) is 0 Å². The summed E-state index contributed by atoms with van der Waals surface area (Å²) in [5, 5.41) is 1.05. The lowest BCUT2D eigenvalue weighted by Gasteiger charge is -2.26. The molecule has 3 rings (SSSR count). The van der Waals surface area contributed by atoms with E-state index in [-0.39, 0.29) is 30.4 Å². The molecule has 2 N–H and O–H groups in total. The molecule has 2 aromatic rings. The second-order valence-electron chi connectivity index (χ2n) is 6.14. The molecule has 2 unspecified atom stereocenters. The Labute approximate surface area is 164 Å². The lowest BCUT2D eigenvalue weighted by atomic mass is 10.0. The van der Waals surface area contributed by atoms with Gasteiger partial charge in [0, 0.05) is 19.0 Å². The van der Waals surface area contributed by atoms with Crippen LogP contribution in [0.25, 0.3) is 0 Å². The second-order valence-corrected chi connectivity index (χ2v) is 6.95. The molecule has 1 aliphatic heterocycles. The third-order valence-electron chi connectivity index (χ3n) is 4.52. The Morgan fingerprint density at radius 3 is 2.56 bits per heavy atom. The molecule has 6 heteroatoms. The largest absolute Gasteiger partial charge is 0.336 e. The summed E-state index contributed by atoms with van der Waals surface area (Å²) in [6.07, 6.45) is 2.23. The van der Waals surface area contributed by atoms with Crippen LogP contribution in [-0.2, 0) is 4.79 Å². The molecule has 1 heterocycles. The smallest absolute Gasteiger partial charge is 0.224 e. The summed E-state index contributed by atoms with van der Waals surface area (Å²) in [4.78, 5) is 14.7. The summed E-state index contributed by atoms with van der Waals surface area (Å²) in [5.74, 6) is 0.0833. The molecular formula is C19H21Cl3N2O. The molecule has 1 saturated heterocycles. The Morgan fingerprint density at radius 2 is 1.88 bits per heavy atom. The first-order valence-corrected chi connectivity index (χ1v) is 8.87. The Kier molecular flexibility index (Phi) is 7.14. The van der Waals surface area contributed by atoms with E-state index < -0.39 is 0 Å². The average molecular weight is 400 g/mol. The number of hydrogen-bond acceptors (Lipinski definition) is 2. The van der Waals surface area contributed by atoms with Crippen LogP contribution in [0.5, 0.6) is 0 Å². The molecule has 1 amide bonds. The third kappa shape index (κ3) is 4.68. The van der Waals surface area contributed by atoms with Crippen LogP contribution in [0.4, 0.5) is 0 Å². The van der Waals surface area contributed by atoms with E-state index in [1.165, 1.54) is 0 Å². The minimum Gasteiger partial charge on any atom is -0.336 e. The number of carbonyl (C=O) groups excluding carboxylic acids is 1. The standard InChI is InChI=1S/C19H20Cl2N2O.ClH/c20-15-9-8-14(11-16(15)21)18-7-4-10-23(18)19(24)12-17(22)13-5-2-1-3-6-13;/h1-3,5-6,8-9,11,17-18H,4,7,10,12,22H2;1H. The maximum Gasteiger partial charge on any atom is 0.224 e. The first kappa shape index (κ1) is 20.1. The Bertz CT molecular complexity index is 724. The van der Waals surface area contributed by atoms with E-state index in [1.54, 1.807) is 6.07 Å². The molecule has 0 aliphatic carbocycles. The van der Waals surface area contributed by atoms with Crippen molar-refractivity contribution in [1.82, 2.24) is 4.90 Å². The highest BCUT2D eigenvalue weighted by molar-refractivity contribution is 6.42. The van der Waals surface area contributed by atoms with Crippen molar-refractivity contribution in [2.24, 2.45) is 5.73 Å². The molecule has 3 nitrogen and oxygen atoms in total. The van der Waals surface area contributed by atoms with Crippen molar-refractivity contribution in [1.29, 1.82) is 0 Å². The fraction of sp³-hybridized carbons (Fsp3) is 0.316. The normalized spacial score (nSPS) is 17.9. The molecule has 0 bridgehead atoms. The van der Waals surface area contributed by atoms with Gasteiger partial charge in [0.1, 0.15) is 0 Å². The van der Waals surface area contributed by atoms with Crippen LogP contribution >= 0.6 is 35.6 Å². The van der Waals surface area contributed by atoms with Gasteiger partial charge in [0.05, 0.1) is 16.1 Å². The van der Waals surface area contributed by atoms with Gasteiger partial charge in [-0.3, -0.25) is 4.79 Å². The van der Waals surface area contributed by atoms with Crippen molar-refractivity contribution in [3.8, 4) is 0 Å². The second kappa shape index (κ2) is 8.91. The van der Waals surface area contributed by atoms with Crippen molar-refractivity contribution >= 4 is 41.5 Å². The molecule has 2 atom stereocenters. The van der Waals surface area contributed by atoms with Crippen LogP contribution in [-0.4, -0.2) is 17.4 Å². The molecule has 0 spiro atoms. The lowest BCUT2D eigenvalue weighted by Crippen LogP contribution is -2.33. The molecule has 1 aliphatic rings. The molecule has 2 aromatic carbocycles. The zero-order chi connectivity index (χ0) is 17.1. The molecular weight excluding hydrogens is 379 g/mol. The average Bonchev–Trinajstić information content (AvgIpc) is 3.08. The van der Waals surface area contributed by atoms with Gasteiger partial charge in [-0.1, -0.05) is 59.6 Å². The van der Waals surface area contributed by atoms with Crippen LogP contribution in [0.1, 0.15) is 42.5 Å². The number of carbonyl (C=O) groups is 1. The zero-order valence-electron chi connectivity index (χ0n) is 13.7. The monoisotopic (exact) mass is 398 g/mol. The summed E-state index contributed by atoms with van der Waals surface area (Å²) in [6.45, 7) is 0.755. The number of benzene rings is 2. The van der Waals surface area contributed by atoms with E-state index in [1.807, 2.05) is 47.4 Å². The minimum atomic E-state index is -0.284. The predicted octanol–water partition coefficient (Wildman–Crippen LogP) is 5.17. The highest BCUT2D eigenvalue weighted by Crippen LogP contribution is 2.35. The van der Waals surface area contributed by atoms with Gasteiger partial charge in [-0.2, -0.15) is 0 Å². The van der Waals surface area contributed by atoms with E-state index >= 15 is 0 Å². The van der Waals surface area contributed by atoms with Gasteiger partial charge in [0.15, 0.2) is 0 Å². The first-order valence-electron chi connectivity index (χ1n) is 8.11. The SMILES string of the molecule is Cl.NC(CC(=O)N1CCCC1c1ccc(Cl)c(Cl)c1)c1ccccc1. The topological polar surface area (TPSA) is 46.3 Å². The number of nitrogens with two attached hydrogens (primary N) is 1. The van der Waals surface area contributed by atoms with Gasteiger partial charge in [-0.15, -0.1) is 12.4 Å². The van der Waals surface area contributed by atoms with Gasteiger partial charge in [-0.05, 0) is 36.1 Å². The highest BCUT2D eigenvalue weighted by atomic mass is 35.5. The molecule has 0 aromatic heterocycles. The van der Waals surface area contributed by atoms with Crippen molar-refractivity contribution in [3.05, 3.63) is 69.7 Å². The number of amides is 1. The molecule has 25 heavy (non-hydrogen) atoms. The van der Waals surface area contributed by atoms with Gasteiger partial charge < -0.3 is 10.6 Å². The van der Waals surface area contributed by atoms with Crippen LogP contribution in [0.15, 0.2) is 48.5 Å². The van der Waals surface area contributed by atoms with E-state index in [9.17, 15) is 4.79 Å². The molecule has 134 valence electrons. The number of hydrogen-bond donors (Lipinski definition) is 1. The van der Waals surface area contributed by atoms with E-state index in [0.29, 0.717) is 16.5 Å². The summed E-state index contributed by atoms with van der Waals surface area (Å²) < 4.78 is 0. The van der Waals surface area contributed by atoms with Gasteiger partial charge >= 0.3 is 0 Å². The number of nitrogens with zero attached hydrogens (tertiary/aromatic N) is 1. The van der Waals surface area contributed by atoms with Crippen LogP contribution in [0.3, 0.4) is 0 Å². The fourth-order valence-electron chi connectivity index (χ4n) is 3.25. The van der Waals surface area contributed by atoms with Crippen molar-refractivity contribution in [2.75, 3.05) is 6.54 Å². The number of rotatable bonds is 4. The molecule has 1 fully saturated rings. The van der Waals surface area contributed by atoms with Gasteiger partial charge in [0.2, 0.25) is 5.91 Å². The first-order chi connectivity index (χ1) is 11.6. The van der Waals surface area contributed by atoms with Crippen LogP contribution in [0.2, 0.25) is 10.0 Å². The predicted molar refractivity (Wildman–Crippen MR) is 105 cm³/mol. The van der Waals surface area contributed by atoms with Gasteiger partial charge in [0.25, 0.3) is 0 Å². The van der Waals surface area contributed by atoms with E-state index in [0.717, 1.165) is 30.5 Å². The lowest BCUT2D eigenvalue weighted by molar-refractivity contribution is -0.132. The van der Waals surface area contributed by atoms with Crippen molar-refractivity contribution in [2.45, 2.75) is 31.3 Å². The maximum absolute atomic E-state index is 12.8. The fourth-order valence-corrected chi connectivity index (χ4v) is 3.56. The highest BCUT2D eigenvalue weighted by Gasteiger charge is 2.31. The number of halogens is 3. The molecule has 0 saturated carbocycles. The summed E-state index contributed by atoms with van der Waals surface area (Å²) in [5.41, 5.74) is 8.22. The summed E-state index contributed by atoms with van der Waals surface area (Å²) >= 11 is 12.1. The summed E-state index contributed by atoms with van der Waals surface area (Å²) in [6, 6.07) is 15.1. The minimum absolute atomic E-state index is 0. The van der Waals surface area contributed by atoms with Crippen LogP contribution in [0, 0.1) is 0 Å². The van der Waals surface area contributed by atoms with Crippen molar-refractivity contribution < 1.29 is 4.79 Å². The quantitative estimate of drug-likeness (QED) is 0.771. The third-order valence-corrected chi connectivity index (χ3v) is 5.26. The number of likely N-dealkylation sites (tertiary alicyclic amines) is 1. The van der Waals surface area contributed by atoms with E-state index in [4.69, 9.17) is 28.9 Å². The zero-order valence-corrected chi connectivity index (χ0v) is 16.0. The Hall–Kier alpha value is -1.26. The Balaban J connectivity index is 0.00000225. The maximum atomic E-state index is 12.8. The van der Waals surface area contributed by atoms with E-state index in [2.05, 4.69) is 0 Å². The van der Waals surface area contributed by atoms with Crippen molar-refractivity contribution in [3.63, 3.8) is 0 Å². The summed E-state index contributed by atoms with van der Waals surface area (Å²) in [7, 11) is 0.